The molecule has 0 unspecified atom stereocenters. The van der Waals surface area contributed by atoms with Crippen molar-refractivity contribution in [3.8, 4) is 22.3 Å². The molecule has 7 aromatic carbocycles. The summed E-state index contributed by atoms with van der Waals surface area (Å²) in [6.45, 7) is 26.4. The summed E-state index contributed by atoms with van der Waals surface area (Å²) in [5, 5.41) is 0. The van der Waals surface area contributed by atoms with Gasteiger partial charge < -0.3 is 9.80 Å². The predicted octanol–water partition coefficient (Wildman–Crippen LogP) is 14.0. The van der Waals surface area contributed by atoms with Crippen molar-refractivity contribution < 1.29 is 0 Å². The highest BCUT2D eigenvalue weighted by atomic mass is 15.2. The molecule has 0 N–H and O–H groups in total. The first-order valence-electron chi connectivity index (χ1n) is 22.9. The van der Waals surface area contributed by atoms with Crippen LogP contribution in [0.2, 0.25) is 0 Å². The highest BCUT2D eigenvalue weighted by Crippen LogP contribution is 2.56. The molecule has 2 aliphatic carbocycles. The van der Waals surface area contributed by atoms with Crippen molar-refractivity contribution in [1.82, 2.24) is 0 Å². The summed E-state index contributed by atoms with van der Waals surface area (Å²) < 4.78 is 0. The molecule has 0 aromatic heterocycles. The molecule has 0 saturated heterocycles. The van der Waals surface area contributed by atoms with Gasteiger partial charge in [-0.15, -0.1) is 0 Å². The molecule has 3 heteroatoms. The second-order valence-electron chi connectivity index (χ2n) is 21.8. The molecular weight excluding hydrogens is 747 g/mol. The largest absolute Gasteiger partial charge is 0.311 e. The van der Waals surface area contributed by atoms with Crippen molar-refractivity contribution >= 4 is 57.2 Å². The third-order valence-electron chi connectivity index (χ3n) is 15.4. The van der Waals surface area contributed by atoms with Crippen LogP contribution in [0.5, 0.6) is 0 Å². The average molecular weight is 807 g/mol. The number of aryl methyl sites for hydroxylation is 2. The zero-order chi connectivity index (χ0) is 43.2. The van der Waals surface area contributed by atoms with Gasteiger partial charge in [-0.05, 0) is 157 Å². The van der Waals surface area contributed by atoms with Crippen LogP contribution in [0.15, 0.2) is 133 Å². The molecular formula is C59H59BN2. The van der Waals surface area contributed by atoms with Crippen molar-refractivity contribution in [2.75, 3.05) is 9.80 Å². The van der Waals surface area contributed by atoms with Crippen LogP contribution in [0.3, 0.4) is 0 Å². The van der Waals surface area contributed by atoms with Gasteiger partial charge in [-0.25, -0.2) is 0 Å². The van der Waals surface area contributed by atoms with Gasteiger partial charge >= 0.3 is 0 Å². The fourth-order valence-corrected chi connectivity index (χ4v) is 11.9. The molecule has 0 fully saturated rings. The molecule has 308 valence electrons. The Morgan fingerprint density at radius 1 is 0.484 bits per heavy atom. The fraction of sp³-hybridized carbons (Fsp3) is 0.288. The molecule has 2 heterocycles. The Labute approximate surface area is 370 Å². The Hall–Kier alpha value is -5.80. The molecule has 0 bridgehead atoms. The maximum Gasteiger partial charge on any atom is 0.252 e. The smallest absolute Gasteiger partial charge is 0.252 e. The first-order valence-corrected chi connectivity index (χ1v) is 22.9. The fourth-order valence-electron chi connectivity index (χ4n) is 11.9. The van der Waals surface area contributed by atoms with E-state index in [9.17, 15) is 0 Å². The molecule has 0 spiro atoms. The third kappa shape index (κ3) is 5.55. The van der Waals surface area contributed by atoms with E-state index in [1.807, 2.05) is 0 Å². The van der Waals surface area contributed by atoms with Gasteiger partial charge in [0, 0.05) is 33.9 Å². The number of nitrogens with zero attached hydrogens (tertiary/aromatic N) is 2. The van der Waals surface area contributed by atoms with E-state index in [1.165, 1.54) is 125 Å². The van der Waals surface area contributed by atoms with Crippen LogP contribution in [0, 0.1) is 13.8 Å². The van der Waals surface area contributed by atoms with Crippen LogP contribution in [0.1, 0.15) is 114 Å². The Morgan fingerprint density at radius 3 is 1.79 bits per heavy atom. The first kappa shape index (κ1) is 39.1. The number of anilines is 6. The number of fused-ring (bicyclic) bond motifs is 8. The van der Waals surface area contributed by atoms with Crippen molar-refractivity contribution in [2.24, 2.45) is 0 Å². The molecule has 2 aliphatic heterocycles. The lowest BCUT2D eigenvalue weighted by Gasteiger charge is -2.48. The van der Waals surface area contributed by atoms with Crippen LogP contribution >= 0.6 is 0 Å². The Balaban J connectivity index is 1.27. The Bertz CT molecular complexity index is 3010. The standard InChI is InChI=1S/C59H59BN2/c1-36-30-52-55-53(31-36)62(50-23-17-21-42-41-20-15-16-22-43(41)59(10,11)54(42)50)51-35-45-44(57(6,7)28-29-58(45,8)9)34-47(51)60(55)46-33-39(38-18-13-12-14-19-38)24-26-49(46)61(52)48-27-25-40(32-37(48)2)56(3,4)5/h12-27,30-35H,28-29H2,1-11H3. The summed E-state index contributed by atoms with van der Waals surface area (Å²) in [7, 11) is 0. The van der Waals surface area contributed by atoms with Crippen LogP contribution < -0.4 is 26.2 Å². The minimum Gasteiger partial charge on any atom is -0.311 e. The summed E-state index contributed by atoms with van der Waals surface area (Å²) >= 11 is 0. The van der Waals surface area contributed by atoms with Crippen LogP contribution in [0.4, 0.5) is 34.1 Å². The van der Waals surface area contributed by atoms with E-state index in [0.29, 0.717) is 0 Å². The minimum absolute atomic E-state index is 0.0315. The van der Waals surface area contributed by atoms with Crippen molar-refractivity contribution in [1.29, 1.82) is 0 Å². The average Bonchev–Trinajstić information content (AvgIpc) is 3.48. The lowest BCUT2D eigenvalue weighted by molar-refractivity contribution is 0.332. The minimum atomic E-state index is -0.186. The molecule has 2 nitrogen and oxygen atoms in total. The molecule has 0 atom stereocenters. The highest BCUT2D eigenvalue weighted by Gasteiger charge is 2.48. The number of benzene rings is 7. The van der Waals surface area contributed by atoms with Gasteiger partial charge in [0.2, 0.25) is 0 Å². The molecule has 11 rings (SSSR count). The number of rotatable bonds is 3. The summed E-state index contributed by atoms with van der Waals surface area (Å²) in [6, 6.07) is 51.9. The van der Waals surface area contributed by atoms with E-state index in [4.69, 9.17) is 0 Å². The lowest BCUT2D eigenvalue weighted by atomic mass is 9.33. The van der Waals surface area contributed by atoms with Crippen molar-refractivity contribution in [3.05, 3.63) is 172 Å². The molecule has 62 heavy (non-hydrogen) atoms. The van der Waals surface area contributed by atoms with Crippen molar-refractivity contribution in [3.63, 3.8) is 0 Å². The molecule has 0 radical (unpaired) electrons. The van der Waals surface area contributed by atoms with Gasteiger partial charge in [0.25, 0.3) is 6.71 Å². The van der Waals surface area contributed by atoms with Gasteiger partial charge in [-0.3, -0.25) is 0 Å². The molecule has 4 aliphatic rings. The summed E-state index contributed by atoms with van der Waals surface area (Å²) in [5.74, 6) is 0. The topological polar surface area (TPSA) is 6.48 Å². The van der Waals surface area contributed by atoms with Gasteiger partial charge in [0.05, 0.1) is 5.69 Å². The van der Waals surface area contributed by atoms with E-state index in [-0.39, 0.29) is 28.4 Å². The SMILES string of the molecule is Cc1cc2c3c(c1)N(c1cccc4c1C(C)(C)c1ccccc1-4)c1cc4c(cc1B3c1cc(-c3ccccc3)ccc1N2c1ccc(C(C)(C)C)cc1C)C(C)(C)CCC4(C)C. The van der Waals surface area contributed by atoms with E-state index in [0.717, 1.165) is 0 Å². The van der Waals surface area contributed by atoms with Crippen LogP contribution in [0.25, 0.3) is 22.3 Å². The third-order valence-corrected chi connectivity index (χ3v) is 15.4. The van der Waals surface area contributed by atoms with E-state index in [2.05, 4.69) is 219 Å². The van der Waals surface area contributed by atoms with Crippen LogP contribution in [-0.2, 0) is 21.7 Å². The van der Waals surface area contributed by atoms with E-state index in [1.54, 1.807) is 0 Å². The monoisotopic (exact) mass is 806 g/mol. The Kier molecular flexibility index (Phi) is 8.27. The predicted molar refractivity (Wildman–Crippen MR) is 267 cm³/mol. The lowest BCUT2D eigenvalue weighted by Crippen LogP contribution is -2.62. The van der Waals surface area contributed by atoms with Gasteiger partial charge in [-0.1, -0.05) is 159 Å². The number of hydrogen-bond donors (Lipinski definition) is 0. The maximum atomic E-state index is 2.71. The summed E-state index contributed by atoms with van der Waals surface area (Å²) in [4.78, 5) is 5.32. The molecule has 0 saturated carbocycles. The summed E-state index contributed by atoms with van der Waals surface area (Å²) in [5.41, 5.74) is 26.7. The quantitative estimate of drug-likeness (QED) is 0.164. The van der Waals surface area contributed by atoms with E-state index < -0.39 is 0 Å². The molecule has 0 amide bonds. The van der Waals surface area contributed by atoms with Gasteiger partial charge in [-0.2, -0.15) is 0 Å². The zero-order valence-electron chi connectivity index (χ0n) is 38.6. The van der Waals surface area contributed by atoms with E-state index >= 15 is 0 Å². The zero-order valence-corrected chi connectivity index (χ0v) is 38.6. The van der Waals surface area contributed by atoms with Gasteiger partial charge in [0.1, 0.15) is 0 Å². The highest BCUT2D eigenvalue weighted by molar-refractivity contribution is 7.00. The first-order chi connectivity index (χ1) is 29.5. The van der Waals surface area contributed by atoms with Gasteiger partial charge in [0.15, 0.2) is 0 Å². The van der Waals surface area contributed by atoms with Crippen molar-refractivity contribution in [2.45, 2.75) is 111 Å². The molecule has 7 aromatic rings. The number of hydrogen-bond acceptors (Lipinski definition) is 2. The Morgan fingerprint density at radius 2 is 1.10 bits per heavy atom. The summed E-state index contributed by atoms with van der Waals surface area (Å²) in [6.07, 6.45) is 2.34. The maximum absolute atomic E-state index is 2.71. The normalized spacial score (nSPS) is 17.1. The van der Waals surface area contributed by atoms with Crippen LogP contribution in [-0.4, -0.2) is 6.71 Å². The second-order valence-corrected chi connectivity index (χ2v) is 21.8. The second kappa shape index (κ2) is 13.1.